The number of fused-ring (bicyclic) bond motifs is 1. The number of methoxy groups -OCH3 is 1. The third-order valence-corrected chi connectivity index (χ3v) is 5.09. The Bertz CT molecular complexity index is 1170. The van der Waals surface area contributed by atoms with E-state index in [1.54, 1.807) is 25.3 Å². The molecule has 4 aromatic rings. The van der Waals surface area contributed by atoms with Gasteiger partial charge in [0.1, 0.15) is 11.6 Å². The quantitative estimate of drug-likeness (QED) is 0.440. The number of imidazole rings is 1. The molecule has 5 nitrogen and oxygen atoms in total. The van der Waals surface area contributed by atoms with Gasteiger partial charge in [0, 0.05) is 16.8 Å². The predicted molar refractivity (Wildman–Crippen MR) is 115 cm³/mol. The maximum absolute atomic E-state index is 12.5. The molecule has 0 spiro atoms. The fraction of sp³-hybridized carbons (Fsp3) is 0.0909. The highest BCUT2D eigenvalue weighted by Crippen LogP contribution is 2.26. The number of aryl methyl sites for hydroxylation is 1. The van der Waals surface area contributed by atoms with Gasteiger partial charge in [-0.15, -0.1) is 0 Å². The topological polar surface area (TPSA) is 67.0 Å². The largest absolute Gasteiger partial charge is 0.496 e. The summed E-state index contributed by atoms with van der Waals surface area (Å²) in [5.41, 5.74) is 5.35. The molecule has 4 rings (SSSR count). The van der Waals surface area contributed by atoms with Crippen molar-refractivity contribution in [3.05, 3.63) is 76.3 Å². The lowest BCUT2D eigenvalue weighted by atomic mass is 10.1. The molecule has 1 aromatic heterocycles. The van der Waals surface area contributed by atoms with Gasteiger partial charge < -0.3 is 15.0 Å². The van der Waals surface area contributed by atoms with Crippen molar-refractivity contribution < 1.29 is 9.53 Å². The van der Waals surface area contributed by atoms with Crippen LogP contribution in [0.15, 0.2) is 65.1 Å². The van der Waals surface area contributed by atoms with Gasteiger partial charge in [-0.25, -0.2) is 4.98 Å². The Balaban J connectivity index is 1.52. The number of nitrogens with zero attached hydrogens (tertiary/aromatic N) is 1. The summed E-state index contributed by atoms with van der Waals surface area (Å²) in [6.45, 7) is 2.05. The number of ether oxygens (including phenoxy) is 1. The van der Waals surface area contributed by atoms with Crippen molar-refractivity contribution in [2.45, 2.75) is 6.92 Å². The molecule has 2 N–H and O–H groups in total. The minimum absolute atomic E-state index is 0.185. The smallest absolute Gasteiger partial charge is 0.255 e. The number of nitrogens with one attached hydrogen (secondary N) is 2. The van der Waals surface area contributed by atoms with Gasteiger partial charge in [0.05, 0.1) is 22.6 Å². The molecule has 28 heavy (non-hydrogen) atoms. The number of amides is 1. The lowest BCUT2D eigenvalue weighted by Crippen LogP contribution is -2.11. The number of hydrogen-bond donors (Lipinski definition) is 2. The second kappa shape index (κ2) is 7.48. The monoisotopic (exact) mass is 435 g/mol. The van der Waals surface area contributed by atoms with Crippen LogP contribution in [0.2, 0.25) is 0 Å². The zero-order valence-corrected chi connectivity index (χ0v) is 17.0. The highest BCUT2D eigenvalue weighted by Gasteiger charge is 2.10. The summed E-state index contributed by atoms with van der Waals surface area (Å²) in [7, 11) is 1.59. The molecule has 0 aliphatic heterocycles. The lowest BCUT2D eigenvalue weighted by molar-refractivity contribution is 0.102. The number of benzene rings is 3. The average Bonchev–Trinajstić information content (AvgIpc) is 3.11. The van der Waals surface area contributed by atoms with E-state index < -0.39 is 0 Å². The van der Waals surface area contributed by atoms with Crippen molar-refractivity contribution in [2.75, 3.05) is 12.4 Å². The first-order valence-corrected chi connectivity index (χ1v) is 9.54. The van der Waals surface area contributed by atoms with Crippen LogP contribution in [0.4, 0.5) is 5.69 Å². The van der Waals surface area contributed by atoms with E-state index in [4.69, 9.17) is 4.74 Å². The molecule has 0 saturated carbocycles. The van der Waals surface area contributed by atoms with Crippen molar-refractivity contribution in [3.63, 3.8) is 0 Å². The van der Waals surface area contributed by atoms with Gasteiger partial charge >= 0.3 is 0 Å². The highest BCUT2D eigenvalue weighted by molar-refractivity contribution is 9.10. The van der Waals surface area contributed by atoms with Crippen molar-refractivity contribution in [1.82, 2.24) is 9.97 Å². The van der Waals surface area contributed by atoms with Crippen molar-refractivity contribution in [1.29, 1.82) is 0 Å². The van der Waals surface area contributed by atoms with Crippen LogP contribution in [0.25, 0.3) is 22.4 Å². The Morgan fingerprint density at radius 1 is 1.07 bits per heavy atom. The lowest BCUT2D eigenvalue weighted by Gasteiger charge is -2.08. The molecule has 6 heteroatoms. The van der Waals surface area contributed by atoms with Crippen molar-refractivity contribution in [3.8, 4) is 17.1 Å². The summed E-state index contributed by atoms with van der Waals surface area (Å²) < 4.78 is 5.93. The number of halogens is 1. The zero-order chi connectivity index (χ0) is 19.7. The van der Waals surface area contributed by atoms with E-state index in [2.05, 4.69) is 44.2 Å². The molecule has 140 valence electrons. The van der Waals surface area contributed by atoms with Gasteiger partial charge in [0.25, 0.3) is 5.91 Å². The van der Waals surface area contributed by atoms with Crippen molar-refractivity contribution >= 4 is 38.6 Å². The molecule has 0 aliphatic carbocycles. The van der Waals surface area contributed by atoms with E-state index in [9.17, 15) is 4.79 Å². The van der Waals surface area contributed by atoms with Crippen LogP contribution < -0.4 is 10.1 Å². The SMILES string of the molecule is COc1ccc(C(=O)Nc2ccc(-c3nc4ccc(C)cc4[nH]3)cc2)cc1Br. The Morgan fingerprint density at radius 3 is 2.57 bits per heavy atom. The van der Waals surface area contributed by atoms with Gasteiger partial charge in [0.2, 0.25) is 0 Å². The number of aromatic nitrogens is 2. The molecule has 0 radical (unpaired) electrons. The van der Waals surface area contributed by atoms with Gasteiger partial charge in [-0.2, -0.15) is 0 Å². The Kier molecular flexibility index (Phi) is 4.88. The Morgan fingerprint density at radius 2 is 1.86 bits per heavy atom. The second-order valence-electron chi connectivity index (χ2n) is 6.49. The number of H-pyrrole nitrogens is 1. The van der Waals surface area contributed by atoms with E-state index in [-0.39, 0.29) is 5.91 Å². The summed E-state index contributed by atoms with van der Waals surface area (Å²) in [5, 5.41) is 2.90. The fourth-order valence-corrected chi connectivity index (χ4v) is 3.52. The first kappa shape index (κ1) is 18.3. The first-order valence-electron chi connectivity index (χ1n) is 8.75. The Labute approximate surface area is 170 Å². The molecule has 0 saturated heterocycles. The van der Waals surface area contributed by atoms with Crippen LogP contribution >= 0.6 is 15.9 Å². The average molecular weight is 436 g/mol. The Hall–Kier alpha value is -3.12. The molecule has 0 bridgehead atoms. The number of aromatic amines is 1. The molecule has 0 aliphatic rings. The number of carbonyl (C=O) groups is 1. The maximum Gasteiger partial charge on any atom is 0.255 e. The van der Waals surface area contributed by atoms with Crippen LogP contribution in [0.5, 0.6) is 5.75 Å². The minimum atomic E-state index is -0.185. The number of hydrogen-bond acceptors (Lipinski definition) is 3. The summed E-state index contributed by atoms with van der Waals surface area (Å²) in [4.78, 5) is 20.4. The van der Waals surface area contributed by atoms with E-state index >= 15 is 0 Å². The van der Waals surface area contributed by atoms with E-state index in [0.29, 0.717) is 17.0 Å². The maximum atomic E-state index is 12.5. The van der Waals surface area contributed by atoms with Gasteiger partial charge in [-0.1, -0.05) is 6.07 Å². The minimum Gasteiger partial charge on any atom is -0.496 e. The van der Waals surface area contributed by atoms with Crippen molar-refractivity contribution in [2.24, 2.45) is 0 Å². The molecule has 0 fully saturated rings. The molecule has 0 atom stereocenters. The standard InChI is InChI=1S/C22H18BrN3O2/c1-13-3-9-18-19(11-13)26-21(25-18)14-4-7-16(8-5-14)24-22(27)15-6-10-20(28-2)17(23)12-15/h3-12H,1-2H3,(H,24,27)(H,25,26). The van der Waals surface area contributed by atoms with Crippen LogP contribution in [0, 0.1) is 6.92 Å². The summed E-state index contributed by atoms with van der Waals surface area (Å²) in [6.07, 6.45) is 0. The summed E-state index contributed by atoms with van der Waals surface area (Å²) in [6, 6.07) is 18.9. The third kappa shape index (κ3) is 3.64. The van der Waals surface area contributed by atoms with Gasteiger partial charge in [-0.3, -0.25) is 4.79 Å². The highest BCUT2D eigenvalue weighted by atomic mass is 79.9. The fourth-order valence-electron chi connectivity index (χ4n) is 2.98. The zero-order valence-electron chi connectivity index (χ0n) is 15.4. The first-order chi connectivity index (χ1) is 13.5. The normalized spacial score (nSPS) is 10.8. The van der Waals surface area contributed by atoms with E-state index in [1.165, 1.54) is 5.56 Å². The summed E-state index contributed by atoms with van der Waals surface area (Å²) in [5.74, 6) is 1.30. The van der Waals surface area contributed by atoms with E-state index in [1.807, 2.05) is 36.4 Å². The molecule has 1 heterocycles. The van der Waals surface area contributed by atoms with Crippen LogP contribution in [0.3, 0.4) is 0 Å². The molecule has 1 amide bonds. The number of rotatable bonds is 4. The molecular weight excluding hydrogens is 418 g/mol. The third-order valence-electron chi connectivity index (χ3n) is 4.47. The van der Waals surface area contributed by atoms with Gasteiger partial charge in [-0.05, 0) is 83.0 Å². The van der Waals surface area contributed by atoms with E-state index in [0.717, 1.165) is 26.9 Å². The predicted octanol–water partition coefficient (Wildman–Crippen LogP) is 5.56. The summed E-state index contributed by atoms with van der Waals surface area (Å²) >= 11 is 3.40. The molecule has 0 unspecified atom stereocenters. The van der Waals surface area contributed by atoms with Gasteiger partial charge in [0.15, 0.2) is 0 Å². The van der Waals surface area contributed by atoms with Crippen LogP contribution in [-0.2, 0) is 0 Å². The number of carbonyl (C=O) groups excluding carboxylic acids is 1. The molecular formula is C22H18BrN3O2. The van der Waals surface area contributed by atoms with Crippen LogP contribution in [-0.4, -0.2) is 23.0 Å². The number of anilines is 1. The second-order valence-corrected chi connectivity index (χ2v) is 7.34. The molecule has 3 aromatic carbocycles. The van der Waals surface area contributed by atoms with Crippen LogP contribution in [0.1, 0.15) is 15.9 Å².